The SMILES string of the molecule is CCOc1ccc2c(c1)cc(C(=O)NCc1cccc(OC)c1)n2C. The maximum atomic E-state index is 12.6. The van der Waals surface area contributed by atoms with Gasteiger partial charge in [0.25, 0.3) is 5.91 Å². The number of aromatic nitrogens is 1. The molecule has 0 atom stereocenters. The average molecular weight is 338 g/mol. The molecular formula is C20H22N2O3. The first-order chi connectivity index (χ1) is 12.1. The summed E-state index contributed by atoms with van der Waals surface area (Å²) in [6.07, 6.45) is 0. The van der Waals surface area contributed by atoms with Gasteiger partial charge in [0.1, 0.15) is 17.2 Å². The molecule has 3 rings (SSSR count). The minimum Gasteiger partial charge on any atom is -0.497 e. The van der Waals surface area contributed by atoms with Gasteiger partial charge < -0.3 is 19.4 Å². The molecule has 5 nitrogen and oxygen atoms in total. The second-order valence-corrected chi connectivity index (χ2v) is 5.78. The Labute approximate surface area is 147 Å². The quantitative estimate of drug-likeness (QED) is 0.748. The molecule has 0 unspecified atom stereocenters. The highest BCUT2D eigenvalue weighted by Crippen LogP contribution is 2.24. The van der Waals surface area contributed by atoms with E-state index < -0.39 is 0 Å². The second-order valence-electron chi connectivity index (χ2n) is 5.78. The molecule has 3 aromatic rings. The second kappa shape index (κ2) is 7.30. The van der Waals surface area contributed by atoms with Crippen LogP contribution in [0.1, 0.15) is 23.0 Å². The third-order valence-electron chi connectivity index (χ3n) is 4.14. The van der Waals surface area contributed by atoms with Gasteiger partial charge in [-0.25, -0.2) is 0 Å². The zero-order valence-electron chi connectivity index (χ0n) is 14.7. The Morgan fingerprint density at radius 2 is 1.96 bits per heavy atom. The maximum Gasteiger partial charge on any atom is 0.268 e. The molecule has 0 aliphatic heterocycles. The molecule has 1 amide bonds. The fraction of sp³-hybridized carbons (Fsp3) is 0.250. The van der Waals surface area contributed by atoms with Crippen LogP contribution < -0.4 is 14.8 Å². The number of rotatable bonds is 6. The van der Waals surface area contributed by atoms with Crippen LogP contribution in [-0.4, -0.2) is 24.2 Å². The van der Waals surface area contributed by atoms with E-state index in [0.29, 0.717) is 18.8 Å². The van der Waals surface area contributed by atoms with Crippen LogP contribution in [0.15, 0.2) is 48.5 Å². The van der Waals surface area contributed by atoms with Gasteiger partial charge in [-0.05, 0) is 48.9 Å². The monoisotopic (exact) mass is 338 g/mol. The molecule has 1 heterocycles. The highest BCUT2D eigenvalue weighted by atomic mass is 16.5. The van der Waals surface area contributed by atoms with Gasteiger partial charge in [0.05, 0.1) is 13.7 Å². The fourth-order valence-corrected chi connectivity index (χ4v) is 2.86. The van der Waals surface area contributed by atoms with Gasteiger partial charge >= 0.3 is 0 Å². The lowest BCUT2D eigenvalue weighted by Gasteiger charge is -2.08. The summed E-state index contributed by atoms with van der Waals surface area (Å²) in [7, 11) is 3.52. The van der Waals surface area contributed by atoms with E-state index in [2.05, 4.69) is 5.32 Å². The first-order valence-corrected chi connectivity index (χ1v) is 8.25. The zero-order chi connectivity index (χ0) is 17.8. The van der Waals surface area contributed by atoms with Gasteiger partial charge in [-0.3, -0.25) is 4.79 Å². The number of nitrogens with one attached hydrogen (secondary N) is 1. The van der Waals surface area contributed by atoms with Crippen LogP contribution in [0, 0.1) is 0 Å². The molecule has 130 valence electrons. The summed E-state index contributed by atoms with van der Waals surface area (Å²) in [6.45, 7) is 3.01. The molecular weight excluding hydrogens is 316 g/mol. The van der Waals surface area contributed by atoms with Crippen LogP contribution in [0.4, 0.5) is 0 Å². The Kier molecular flexibility index (Phi) is 4.93. The topological polar surface area (TPSA) is 52.5 Å². The lowest BCUT2D eigenvalue weighted by Crippen LogP contribution is -2.24. The molecule has 0 bridgehead atoms. The maximum absolute atomic E-state index is 12.6. The Balaban J connectivity index is 1.78. The van der Waals surface area contributed by atoms with E-state index in [4.69, 9.17) is 9.47 Å². The van der Waals surface area contributed by atoms with Crippen LogP contribution in [0.25, 0.3) is 10.9 Å². The van der Waals surface area contributed by atoms with Crippen molar-refractivity contribution in [1.82, 2.24) is 9.88 Å². The van der Waals surface area contributed by atoms with Crippen LogP contribution in [-0.2, 0) is 13.6 Å². The van der Waals surface area contributed by atoms with E-state index in [1.54, 1.807) is 7.11 Å². The first-order valence-electron chi connectivity index (χ1n) is 8.25. The van der Waals surface area contributed by atoms with E-state index in [1.165, 1.54) is 0 Å². The lowest BCUT2D eigenvalue weighted by molar-refractivity contribution is 0.0943. The van der Waals surface area contributed by atoms with Crippen molar-refractivity contribution in [2.24, 2.45) is 7.05 Å². The van der Waals surface area contributed by atoms with Crippen molar-refractivity contribution >= 4 is 16.8 Å². The Morgan fingerprint density at radius 1 is 1.12 bits per heavy atom. The van der Waals surface area contributed by atoms with Gasteiger partial charge in [-0.2, -0.15) is 0 Å². The molecule has 1 N–H and O–H groups in total. The number of amides is 1. The number of hydrogen-bond donors (Lipinski definition) is 1. The molecule has 0 saturated heterocycles. The van der Waals surface area contributed by atoms with Gasteiger partial charge in [-0.15, -0.1) is 0 Å². The van der Waals surface area contributed by atoms with Crippen LogP contribution >= 0.6 is 0 Å². The number of aryl methyl sites for hydroxylation is 1. The van der Waals surface area contributed by atoms with Crippen molar-refractivity contribution in [2.75, 3.05) is 13.7 Å². The van der Waals surface area contributed by atoms with Crippen LogP contribution in [0.5, 0.6) is 11.5 Å². The largest absolute Gasteiger partial charge is 0.497 e. The molecule has 2 aromatic carbocycles. The van der Waals surface area contributed by atoms with E-state index in [1.807, 2.05) is 67.1 Å². The molecule has 0 spiro atoms. The van der Waals surface area contributed by atoms with E-state index in [-0.39, 0.29) is 5.91 Å². The van der Waals surface area contributed by atoms with Crippen molar-refractivity contribution in [1.29, 1.82) is 0 Å². The van der Waals surface area contributed by atoms with Crippen LogP contribution in [0.3, 0.4) is 0 Å². The number of carbonyl (C=O) groups is 1. The summed E-state index contributed by atoms with van der Waals surface area (Å²) in [5, 5.41) is 3.95. The average Bonchev–Trinajstić information content (AvgIpc) is 2.96. The lowest BCUT2D eigenvalue weighted by atomic mass is 10.2. The summed E-state index contributed by atoms with van der Waals surface area (Å²) >= 11 is 0. The number of hydrogen-bond acceptors (Lipinski definition) is 3. The van der Waals surface area contributed by atoms with Gasteiger partial charge in [0.15, 0.2) is 0 Å². The first kappa shape index (κ1) is 16.9. The van der Waals surface area contributed by atoms with Crippen molar-refractivity contribution in [3.63, 3.8) is 0 Å². The fourth-order valence-electron chi connectivity index (χ4n) is 2.86. The summed E-state index contributed by atoms with van der Waals surface area (Å²) in [5.41, 5.74) is 2.60. The minimum atomic E-state index is -0.112. The molecule has 0 radical (unpaired) electrons. The highest BCUT2D eigenvalue weighted by molar-refractivity contribution is 5.99. The van der Waals surface area contributed by atoms with Gasteiger partial charge in [0.2, 0.25) is 0 Å². The standard InChI is InChI=1S/C20H22N2O3/c1-4-25-17-8-9-18-15(11-17)12-19(22(18)2)20(23)21-13-14-6-5-7-16(10-14)24-3/h5-12H,4,13H2,1-3H3,(H,21,23). The normalized spacial score (nSPS) is 10.7. The van der Waals surface area contributed by atoms with E-state index >= 15 is 0 Å². The third kappa shape index (κ3) is 3.60. The molecule has 25 heavy (non-hydrogen) atoms. The van der Waals surface area contributed by atoms with Crippen molar-refractivity contribution < 1.29 is 14.3 Å². The number of fused-ring (bicyclic) bond motifs is 1. The molecule has 0 saturated carbocycles. The smallest absolute Gasteiger partial charge is 0.268 e. The molecule has 0 aliphatic carbocycles. The van der Waals surface area contributed by atoms with E-state index in [0.717, 1.165) is 28.0 Å². The number of carbonyl (C=O) groups excluding carboxylic acids is 1. The number of methoxy groups -OCH3 is 1. The zero-order valence-corrected chi connectivity index (χ0v) is 14.7. The Bertz CT molecular complexity index is 899. The molecule has 0 fully saturated rings. The van der Waals surface area contributed by atoms with E-state index in [9.17, 15) is 4.79 Å². The summed E-state index contributed by atoms with van der Waals surface area (Å²) < 4.78 is 12.6. The number of benzene rings is 2. The van der Waals surface area contributed by atoms with Crippen LogP contribution in [0.2, 0.25) is 0 Å². The van der Waals surface area contributed by atoms with Crippen molar-refractivity contribution in [2.45, 2.75) is 13.5 Å². The predicted octanol–water partition coefficient (Wildman–Crippen LogP) is 3.52. The summed E-state index contributed by atoms with van der Waals surface area (Å²) in [4.78, 5) is 12.6. The summed E-state index contributed by atoms with van der Waals surface area (Å²) in [5.74, 6) is 1.48. The van der Waals surface area contributed by atoms with Gasteiger partial charge in [0, 0.05) is 24.5 Å². The molecule has 0 aliphatic rings. The number of nitrogens with zero attached hydrogens (tertiary/aromatic N) is 1. The third-order valence-corrected chi connectivity index (χ3v) is 4.14. The van der Waals surface area contributed by atoms with Gasteiger partial charge in [-0.1, -0.05) is 12.1 Å². The predicted molar refractivity (Wildman–Crippen MR) is 98.3 cm³/mol. The van der Waals surface area contributed by atoms with Crippen molar-refractivity contribution in [3.8, 4) is 11.5 Å². The minimum absolute atomic E-state index is 0.112. The molecule has 5 heteroatoms. The highest BCUT2D eigenvalue weighted by Gasteiger charge is 2.13. The Morgan fingerprint density at radius 3 is 2.72 bits per heavy atom. The molecule has 1 aromatic heterocycles. The number of ether oxygens (including phenoxy) is 2. The Hall–Kier alpha value is -2.95. The summed E-state index contributed by atoms with van der Waals surface area (Å²) in [6, 6.07) is 15.4. The van der Waals surface area contributed by atoms with Crippen molar-refractivity contribution in [3.05, 3.63) is 59.8 Å².